The maximum atomic E-state index is 12.3. The van der Waals surface area contributed by atoms with Gasteiger partial charge in [0.15, 0.2) is 0 Å². The van der Waals surface area contributed by atoms with Crippen molar-refractivity contribution in [1.82, 2.24) is 4.90 Å². The number of carbonyl (C=O) groups excluding carboxylic acids is 1. The van der Waals surface area contributed by atoms with Crippen LogP contribution in [0.2, 0.25) is 0 Å². The van der Waals surface area contributed by atoms with E-state index in [4.69, 9.17) is 4.74 Å². The molecule has 5 nitrogen and oxygen atoms in total. The van der Waals surface area contributed by atoms with Crippen LogP contribution in [0.3, 0.4) is 0 Å². The number of ether oxygens (including phenoxy) is 1. The lowest BCUT2D eigenvalue weighted by Crippen LogP contribution is -2.50. The van der Waals surface area contributed by atoms with Gasteiger partial charge in [-0.1, -0.05) is 22.0 Å². The van der Waals surface area contributed by atoms with Crippen LogP contribution in [0.25, 0.3) is 0 Å². The van der Waals surface area contributed by atoms with Gasteiger partial charge in [0.1, 0.15) is 11.6 Å². The Morgan fingerprint density at radius 3 is 2.57 bits per heavy atom. The van der Waals surface area contributed by atoms with Gasteiger partial charge in [0.05, 0.1) is 6.54 Å². The molecule has 0 radical (unpaired) electrons. The second-order valence-corrected chi connectivity index (χ2v) is 7.00. The van der Waals surface area contributed by atoms with Crippen LogP contribution < -0.4 is 0 Å². The summed E-state index contributed by atoms with van der Waals surface area (Å²) in [5.74, 6) is -1.02. The Morgan fingerprint density at radius 1 is 1.33 bits per heavy atom. The Balaban J connectivity index is 2.30. The molecule has 0 aromatic heterocycles. The van der Waals surface area contributed by atoms with E-state index in [2.05, 4.69) is 15.9 Å². The Hall–Kier alpha value is -1.56. The first-order chi connectivity index (χ1) is 9.67. The third-order valence-electron chi connectivity index (χ3n) is 3.21. The monoisotopic (exact) mass is 355 g/mol. The van der Waals surface area contributed by atoms with Crippen LogP contribution in [0, 0.1) is 0 Å². The molecule has 1 aliphatic heterocycles. The van der Waals surface area contributed by atoms with Gasteiger partial charge in [0.25, 0.3) is 0 Å². The fourth-order valence-corrected chi connectivity index (χ4v) is 2.69. The van der Waals surface area contributed by atoms with Crippen molar-refractivity contribution in [3.05, 3.63) is 33.8 Å². The van der Waals surface area contributed by atoms with Crippen LogP contribution in [0.1, 0.15) is 31.9 Å². The molecule has 1 atom stereocenters. The van der Waals surface area contributed by atoms with E-state index >= 15 is 0 Å². The van der Waals surface area contributed by atoms with Crippen molar-refractivity contribution in [1.29, 1.82) is 0 Å². The summed E-state index contributed by atoms with van der Waals surface area (Å²) in [6.45, 7) is 5.51. The summed E-state index contributed by atoms with van der Waals surface area (Å²) in [4.78, 5) is 25.0. The highest BCUT2D eigenvalue weighted by molar-refractivity contribution is 9.10. The van der Waals surface area contributed by atoms with Crippen molar-refractivity contribution in [2.75, 3.05) is 0 Å². The minimum Gasteiger partial charge on any atom is -0.480 e. The summed E-state index contributed by atoms with van der Waals surface area (Å²) in [5, 5.41) is 9.38. The third-order valence-corrected chi connectivity index (χ3v) is 3.70. The summed E-state index contributed by atoms with van der Waals surface area (Å²) >= 11 is 3.39. The van der Waals surface area contributed by atoms with E-state index < -0.39 is 23.7 Å². The first-order valence-electron chi connectivity index (χ1n) is 6.67. The molecule has 114 valence electrons. The zero-order chi connectivity index (χ0) is 15.8. The molecular formula is C15H18BrNO4. The SMILES string of the molecule is CC(C)(C)OC(=O)N1Cc2cc(Br)ccc2CC1C(=O)O. The molecule has 0 saturated carbocycles. The average Bonchev–Trinajstić information content (AvgIpc) is 2.34. The molecule has 0 aliphatic carbocycles. The zero-order valence-electron chi connectivity index (χ0n) is 12.2. The van der Waals surface area contributed by atoms with Crippen molar-refractivity contribution in [2.45, 2.75) is 45.4 Å². The lowest BCUT2D eigenvalue weighted by Gasteiger charge is -2.35. The molecule has 1 aromatic carbocycles. The second-order valence-electron chi connectivity index (χ2n) is 6.08. The molecule has 1 amide bonds. The molecular weight excluding hydrogens is 338 g/mol. The van der Waals surface area contributed by atoms with E-state index in [0.29, 0.717) is 0 Å². The average molecular weight is 356 g/mol. The lowest BCUT2D eigenvalue weighted by atomic mass is 9.94. The minimum atomic E-state index is -1.02. The molecule has 1 heterocycles. The van der Waals surface area contributed by atoms with Gasteiger partial charge in [-0.2, -0.15) is 0 Å². The second kappa shape index (κ2) is 5.67. The molecule has 0 spiro atoms. The van der Waals surface area contributed by atoms with Crippen molar-refractivity contribution < 1.29 is 19.4 Å². The first-order valence-corrected chi connectivity index (χ1v) is 7.46. The van der Waals surface area contributed by atoms with Crippen molar-refractivity contribution in [3.63, 3.8) is 0 Å². The third kappa shape index (κ3) is 3.75. The number of nitrogens with zero attached hydrogens (tertiary/aromatic N) is 1. The maximum Gasteiger partial charge on any atom is 0.411 e. The number of aliphatic carboxylic acids is 1. The summed E-state index contributed by atoms with van der Waals surface area (Å²) < 4.78 is 6.22. The van der Waals surface area contributed by atoms with E-state index in [1.54, 1.807) is 20.8 Å². The van der Waals surface area contributed by atoms with E-state index in [9.17, 15) is 14.7 Å². The zero-order valence-corrected chi connectivity index (χ0v) is 13.8. The van der Waals surface area contributed by atoms with Crippen LogP contribution in [-0.4, -0.2) is 33.7 Å². The van der Waals surface area contributed by atoms with Gasteiger partial charge < -0.3 is 9.84 Å². The van der Waals surface area contributed by atoms with E-state index in [1.165, 1.54) is 4.90 Å². The molecule has 1 aromatic rings. The number of benzene rings is 1. The van der Waals surface area contributed by atoms with Gasteiger partial charge in [0.2, 0.25) is 0 Å². The summed E-state index contributed by atoms with van der Waals surface area (Å²) in [6.07, 6.45) is -0.308. The molecule has 0 fully saturated rings. The van der Waals surface area contributed by atoms with Crippen LogP contribution in [0.4, 0.5) is 4.79 Å². The van der Waals surface area contributed by atoms with Gasteiger partial charge in [0, 0.05) is 10.9 Å². The molecule has 0 bridgehead atoms. The summed E-state index contributed by atoms with van der Waals surface area (Å²) in [6, 6.07) is 4.78. The number of hydrogen-bond donors (Lipinski definition) is 1. The highest BCUT2D eigenvalue weighted by Gasteiger charge is 2.36. The highest BCUT2D eigenvalue weighted by Crippen LogP contribution is 2.27. The van der Waals surface area contributed by atoms with E-state index in [1.807, 2.05) is 18.2 Å². The Labute approximate surface area is 132 Å². The van der Waals surface area contributed by atoms with Crippen LogP contribution in [0.15, 0.2) is 22.7 Å². The van der Waals surface area contributed by atoms with Gasteiger partial charge in [-0.05, 0) is 44.0 Å². The van der Waals surface area contributed by atoms with Crippen LogP contribution in [-0.2, 0) is 22.5 Å². The predicted octanol–water partition coefficient (Wildman–Crippen LogP) is 3.20. The Morgan fingerprint density at radius 2 is 2.00 bits per heavy atom. The quantitative estimate of drug-likeness (QED) is 0.839. The number of hydrogen-bond acceptors (Lipinski definition) is 3. The fraction of sp³-hybridized carbons (Fsp3) is 0.467. The molecule has 1 unspecified atom stereocenters. The predicted molar refractivity (Wildman–Crippen MR) is 81.0 cm³/mol. The first kappa shape index (κ1) is 15.8. The number of fused-ring (bicyclic) bond motifs is 1. The molecule has 1 aliphatic rings. The minimum absolute atomic E-state index is 0.237. The van der Waals surface area contributed by atoms with Gasteiger partial charge in [-0.25, -0.2) is 9.59 Å². The highest BCUT2D eigenvalue weighted by atomic mass is 79.9. The van der Waals surface area contributed by atoms with Crippen LogP contribution in [0.5, 0.6) is 0 Å². The topological polar surface area (TPSA) is 66.8 Å². The molecule has 6 heteroatoms. The van der Waals surface area contributed by atoms with Gasteiger partial charge in [-0.15, -0.1) is 0 Å². The standard InChI is InChI=1S/C15H18BrNO4/c1-15(2,3)21-14(20)17-8-10-6-11(16)5-4-9(10)7-12(17)13(18)19/h4-6,12H,7-8H2,1-3H3,(H,18,19). The largest absolute Gasteiger partial charge is 0.480 e. The van der Waals surface area contributed by atoms with Crippen molar-refractivity contribution >= 4 is 28.0 Å². The number of halogens is 1. The van der Waals surface area contributed by atoms with Crippen molar-refractivity contribution in [3.8, 4) is 0 Å². The van der Waals surface area contributed by atoms with E-state index in [-0.39, 0.29) is 13.0 Å². The number of carboxylic acids is 1. The fourth-order valence-electron chi connectivity index (χ4n) is 2.29. The molecule has 2 rings (SSSR count). The van der Waals surface area contributed by atoms with Crippen LogP contribution >= 0.6 is 15.9 Å². The molecule has 21 heavy (non-hydrogen) atoms. The van der Waals surface area contributed by atoms with E-state index in [0.717, 1.165) is 15.6 Å². The van der Waals surface area contributed by atoms with Crippen molar-refractivity contribution in [2.24, 2.45) is 0 Å². The van der Waals surface area contributed by atoms with Gasteiger partial charge in [-0.3, -0.25) is 4.90 Å². The number of amides is 1. The normalized spacial score (nSPS) is 18.1. The Kier molecular flexibility index (Phi) is 4.27. The number of rotatable bonds is 1. The smallest absolute Gasteiger partial charge is 0.411 e. The number of carbonyl (C=O) groups is 2. The molecule has 1 N–H and O–H groups in total. The summed E-state index contributed by atoms with van der Waals surface area (Å²) in [7, 11) is 0. The lowest BCUT2D eigenvalue weighted by molar-refractivity contribution is -0.143. The summed E-state index contributed by atoms with van der Waals surface area (Å²) in [5.41, 5.74) is 1.23. The maximum absolute atomic E-state index is 12.3. The van der Waals surface area contributed by atoms with Gasteiger partial charge >= 0.3 is 12.1 Å². The number of carboxylic acid groups (broad SMARTS) is 1. The molecule has 0 saturated heterocycles. The Bertz CT molecular complexity index is 580.